The van der Waals surface area contributed by atoms with Crippen molar-refractivity contribution >= 4 is 35.8 Å². The number of carbonyl (C=O) groups is 1. The van der Waals surface area contributed by atoms with Crippen LogP contribution in [-0.4, -0.2) is 63.1 Å². The molecule has 1 aromatic heterocycles. The topological polar surface area (TPSA) is 81.9 Å². The largest absolute Gasteiger partial charge is 0.469 e. The monoisotopic (exact) mass is 449 g/mol. The molecule has 0 spiro atoms. The van der Waals surface area contributed by atoms with Crippen molar-refractivity contribution in [2.45, 2.75) is 25.3 Å². The first-order chi connectivity index (χ1) is 11.2. The number of furan rings is 1. The minimum absolute atomic E-state index is 0. The van der Waals surface area contributed by atoms with Crippen LogP contribution in [0.3, 0.4) is 0 Å². The van der Waals surface area contributed by atoms with Crippen molar-refractivity contribution in [3.63, 3.8) is 0 Å². The minimum atomic E-state index is 0. The number of piperidine rings is 1. The molecule has 1 fully saturated rings. The molecule has 2 heterocycles. The molecule has 136 valence electrons. The lowest BCUT2D eigenvalue weighted by Gasteiger charge is -2.32. The van der Waals surface area contributed by atoms with E-state index in [1.165, 1.54) is 0 Å². The minimum Gasteiger partial charge on any atom is -0.469 e. The fourth-order valence-corrected chi connectivity index (χ4v) is 2.66. The molecule has 0 radical (unpaired) electrons. The number of likely N-dealkylation sites (N-methyl/N-ethyl adjacent to an activating group) is 1. The van der Waals surface area contributed by atoms with E-state index in [1.54, 1.807) is 20.4 Å². The van der Waals surface area contributed by atoms with Crippen LogP contribution in [0.4, 0.5) is 0 Å². The van der Waals surface area contributed by atoms with Crippen LogP contribution >= 0.6 is 24.0 Å². The molecule has 0 saturated carbocycles. The molecule has 1 amide bonds. The quantitative estimate of drug-likeness (QED) is 0.341. The molecule has 3 N–H and O–H groups in total. The molecule has 1 aliphatic heterocycles. The van der Waals surface area contributed by atoms with Crippen LogP contribution in [0.2, 0.25) is 0 Å². The number of halogens is 1. The first-order valence-corrected chi connectivity index (χ1v) is 8.13. The van der Waals surface area contributed by atoms with Crippen LogP contribution in [-0.2, 0) is 11.2 Å². The number of nitrogens with zero attached hydrogens (tertiary/aromatic N) is 2. The first kappa shape index (κ1) is 20.8. The molecule has 7 nitrogen and oxygen atoms in total. The second-order valence-electron chi connectivity index (χ2n) is 5.70. The number of likely N-dealkylation sites (tertiary alicyclic amines) is 1. The van der Waals surface area contributed by atoms with E-state index >= 15 is 0 Å². The van der Waals surface area contributed by atoms with Gasteiger partial charge >= 0.3 is 0 Å². The number of hydrogen-bond acceptors (Lipinski definition) is 4. The zero-order valence-electron chi connectivity index (χ0n) is 14.4. The second kappa shape index (κ2) is 11.3. The molecule has 0 aromatic carbocycles. The van der Waals surface area contributed by atoms with Crippen LogP contribution in [0.5, 0.6) is 0 Å². The van der Waals surface area contributed by atoms with Gasteiger partial charge in [0, 0.05) is 46.2 Å². The van der Waals surface area contributed by atoms with Gasteiger partial charge in [0.05, 0.1) is 12.8 Å². The van der Waals surface area contributed by atoms with Gasteiger partial charge in [-0.15, -0.1) is 24.0 Å². The second-order valence-corrected chi connectivity index (χ2v) is 5.70. The van der Waals surface area contributed by atoms with E-state index in [0.717, 1.165) is 50.6 Å². The van der Waals surface area contributed by atoms with Gasteiger partial charge in [-0.3, -0.25) is 14.7 Å². The summed E-state index contributed by atoms with van der Waals surface area (Å²) >= 11 is 0. The Bertz CT molecular complexity index is 499. The molecule has 0 atom stereocenters. The Morgan fingerprint density at radius 1 is 1.42 bits per heavy atom. The number of nitrogens with one attached hydrogen (secondary N) is 3. The summed E-state index contributed by atoms with van der Waals surface area (Å²) < 4.78 is 5.31. The van der Waals surface area contributed by atoms with E-state index < -0.39 is 0 Å². The van der Waals surface area contributed by atoms with Crippen LogP contribution in [0.15, 0.2) is 27.8 Å². The van der Waals surface area contributed by atoms with Gasteiger partial charge in [0.2, 0.25) is 5.91 Å². The zero-order chi connectivity index (χ0) is 16.5. The van der Waals surface area contributed by atoms with Crippen molar-refractivity contribution in [1.29, 1.82) is 0 Å². The smallest absolute Gasteiger partial charge is 0.233 e. The molecular formula is C16H28IN5O2. The number of carbonyl (C=O) groups excluding carboxylic acids is 1. The zero-order valence-corrected chi connectivity index (χ0v) is 16.7. The highest BCUT2D eigenvalue weighted by molar-refractivity contribution is 14.0. The lowest BCUT2D eigenvalue weighted by molar-refractivity contribution is -0.122. The Morgan fingerprint density at radius 3 is 2.75 bits per heavy atom. The Kier molecular flexibility index (Phi) is 9.77. The SMILES string of the molecule is CN=C(NCCc1ccco1)NC1CCN(CC(=O)NC)CC1.I. The molecule has 0 unspecified atom stereocenters. The van der Waals surface area contributed by atoms with Gasteiger partial charge in [0.25, 0.3) is 0 Å². The van der Waals surface area contributed by atoms with E-state index in [4.69, 9.17) is 4.42 Å². The molecule has 8 heteroatoms. The van der Waals surface area contributed by atoms with Crippen LogP contribution < -0.4 is 16.0 Å². The predicted molar refractivity (Wildman–Crippen MR) is 106 cm³/mol. The Hall–Kier alpha value is -1.29. The number of rotatable bonds is 6. The number of guanidine groups is 1. The van der Waals surface area contributed by atoms with Gasteiger partial charge in [0.1, 0.15) is 5.76 Å². The van der Waals surface area contributed by atoms with Crippen molar-refractivity contribution in [3.05, 3.63) is 24.2 Å². The normalized spacial score (nSPS) is 16.3. The Balaban J connectivity index is 0.00000288. The van der Waals surface area contributed by atoms with Crippen molar-refractivity contribution in [1.82, 2.24) is 20.9 Å². The van der Waals surface area contributed by atoms with Gasteiger partial charge in [-0.25, -0.2) is 0 Å². The van der Waals surface area contributed by atoms with Crippen molar-refractivity contribution in [2.24, 2.45) is 4.99 Å². The van der Waals surface area contributed by atoms with E-state index in [0.29, 0.717) is 12.6 Å². The molecule has 0 aliphatic carbocycles. The average molecular weight is 449 g/mol. The molecule has 1 saturated heterocycles. The van der Waals surface area contributed by atoms with E-state index in [1.807, 2.05) is 12.1 Å². The maximum atomic E-state index is 11.4. The van der Waals surface area contributed by atoms with E-state index in [-0.39, 0.29) is 29.9 Å². The highest BCUT2D eigenvalue weighted by Crippen LogP contribution is 2.09. The average Bonchev–Trinajstić information content (AvgIpc) is 3.08. The predicted octanol–water partition coefficient (Wildman–Crippen LogP) is 0.816. The summed E-state index contributed by atoms with van der Waals surface area (Å²) in [7, 11) is 3.46. The summed E-state index contributed by atoms with van der Waals surface area (Å²) in [5.41, 5.74) is 0. The number of aliphatic imine (C=N–C) groups is 1. The van der Waals surface area contributed by atoms with Crippen molar-refractivity contribution in [2.75, 3.05) is 40.3 Å². The lowest BCUT2D eigenvalue weighted by Crippen LogP contribution is -2.50. The fraction of sp³-hybridized carbons (Fsp3) is 0.625. The van der Waals surface area contributed by atoms with E-state index in [9.17, 15) is 4.79 Å². The van der Waals surface area contributed by atoms with Crippen LogP contribution in [0.1, 0.15) is 18.6 Å². The summed E-state index contributed by atoms with van der Waals surface area (Å²) in [6.07, 6.45) is 4.54. The number of amides is 1. The first-order valence-electron chi connectivity index (χ1n) is 8.13. The highest BCUT2D eigenvalue weighted by Gasteiger charge is 2.21. The molecular weight excluding hydrogens is 421 g/mol. The van der Waals surface area contributed by atoms with Gasteiger partial charge in [-0.1, -0.05) is 0 Å². The van der Waals surface area contributed by atoms with Crippen molar-refractivity contribution in [3.8, 4) is 0 Å². The summed E-state index contributed by atoms with van der Waals surface area (Å²) in [4.78, 5) is 17.8. The van der Waals surface area contributed by atoms with Gasteiger partial charge in [-0.05, 0) is 25.0 Å². The number of hydrogen-bond donors (Lipinski definition) is 3. The van der Waals surface area contributed by atoms with E-state index in [2.05, 4.69) is 25.8 Å². The Labute approximate surface area is 160 Å². The maximum Gasteiger partial charge on any atom is 0.233 e. The van der Waals surface area contributed by atoms with Crippen LogP contribution in [0, 0.1) is 0 Å². The maximum absolute atomic E-state index is 11.4. The van der Waals surface area contributed by atoms with Gasteiger partial charge in [0.15, 0.2) is 5.96 Å². The summed E-state index contributed by atoms with van der Waals surface area (Å²) in [6, 6.07) is 4.26. The third-order valence-corrected chi connectivity index (χ3v) is 4.04. The lowest BCUT2D eigenvalue weighted by atomic mass is 10.1. The Morgan fingerprint density at radius 2 is 2.17 bits per heavy atom. The summed E-state index contributed by atoms with van der Waals surface area (Å²) in [5.74, 6) is 1.86. The van der Waals surface area contributed by atoms with Crippen molar-refractivity contribution < 1.29 is 9.21 Å². The summed E-state index contributed by atoms with van der Waals surface area (Å²) in [6.45, 7) is 3.12. The third kappa shape index (κ3) is 7.08. The fourth-order valence-electron chi connectivity index (χ4n) is 2.66. The molecule has 1 aliphatic rings. The molecule has 2 rings (SSSR count). The highest BCUT2D eigenvalue weighted by atomic mass is 127. The molecule has 24 heavy (non-hydrogen) atoms. The molecule has 1 aromatic rings. The standard InChI is InChI=1S/C16H27N5O2.HI/c1-17-15(22)12-21-9-6-13(7-10-21)20-16(18-2)19-8-5-14-4-3-11-23-14;/h3-4,11,13H,5-10,12H2,1-2H3,(H,17,22)(H2,18,19,20);1H. The molecule has 0 bridgehead atoms. The van der Waals surface area contributed by atoms with Gasteiger partial charge in [-0.2, -0.15) is 0 Å². The summed E-state index contributed by atoms with van der Waals surface area (Å²) in [5, 5.41) is 9.43. The van der Waals surface area contributed by atoms with Crippen LogP contribution in [0.25, 0.3) is 0 Å². The van der Waals surface area contributed by atoms with Gasteiger partial charge < -0.3 is 20.4 Å². The third-order valence-electron chi connectivity index (χ3n) is 4.04.